The van der Waals surface area contributed by atoms with Crippen molar-refractivity contribution >= 4 is 5.97 Å². The predicted molar refractivity (Wildman–Crippen MR) is 79.6 cm³/mol. The molecular weight excluding hydrogens is 250 g/mol. The molecular formula is C17H29NO2. The molecule has 4 aliphatic rings. The van der Waals surface area contributed by atoms with E-state index in [0.29, 0.717) is 11.5 Å². The fourth-order valence-corrected chi connectivity index (χ4v) is 5.67. The Kier molecular flexibility index (Phi) is 3.83. The van der Waals surface area contributed by atoms with Gasteiger partial charge in [-0.05, 0) is 88.5 Å². The summed E-state index contributed by atoms with van der Waals surface area (Å²) in [6.07, 6.45) is 9.97. The molecule has 4 rings (SSSR count). The molecule has 0 spiro atoms. The monoisotopic (exact) mass is 279 g/mol. The van der Waals surface area contributed by atoms with Gasteiger partial charge in [0.1, 0.15) is 0 Å². The van der Waals surface area contributed by atoms with Crippen molar-refractivity contribution in [2.75, 3.05) is 13.1 Å². The largest absolute Gasteiger partial charge is 0.480 e. The van der Waals surface area contributed by atoms with E-state index in [1.165, 1.54) is 44.9 Å². The van der Waals surface area contributed by atoms with Crippen LogP contribution in [0.25, 0.3) is 0 Å². The standard InChI is InChI=1S/C17H29NO2/c1-12(2)18(11-16(19)20)4-3-17-8-13-5-14(9-17)7-15(6-13)10-17/h12-15H,3-11H2,1-2H3,(H,19,20). The Hall–Kier alpha value is -0.570. The zero-order valence-corrected chi connectivity index (χ0v) is 13.0. The van der Waals surface area contributed by atoms with Gasteiger partial charge < -0.3 is 5.11 Å². The van der Waals surface area contributed by atoms with E-state index in [1.807, 2.05) is 0 Å². The van der Waals surface area contributed by atoms with E-state index in [2.05, 4.69) is 18.7 Å². The Morgan fingerprint density at radius 1 is 1.15 bits per heavy atom. The number of carboxylic acid groups (broad SMARTS) is 1. The third-order valence-corrected chi connectivity index (χ3v) is 6.16. The summed E-state index contributed by atoms with van der Waals surface area (Å²) in [7, 11) is 0. The van der Waals surface area contributed by atoms with Gasteiger partial charge in [0.05, 0.1) is 6.54 Å². The van der Waals surface area contributed by atoms with Crippen molar-refractivity contribution in [2.24, 2.45) is 23.2 Å². The number of hydrogen-bond acceptors (Lipinski definition) is 2. The van der Waals surface area contributed by atoms with Crippen molar-refractivity contribution in [3.05, 3.63) is 0 Å². The summed E-state index contributed by atoms with van der Waals surface area (Å²) < 4.78 is 0. The number of carbonyl (C=O) groups is 1. The fraction of sp³-hybridized carbons (Fsp3) is 0.941. The van der Waals surface area contributed by atoms with Gasteiger partial charge in [-0.25, -0.2) is 0 Å². The maximum absolute atomic E-state index is 11.0. The maximum Gasteiger partial charge on any atom is 0.317 e. The molecule has 20 heavy (non-hydrogen) atoms. The first-order valence-corrected chi connectivity index (χ1v) is 8.42. The molecule has 0 amide bonds. The normalized spacial score (nSPS) is 38.9. The molecule has 0 saturated heterocycles. The van der Waals surface area contributed by atoms with Crippen LogP contribution in [0.1, 0.15) is 58.8 Å². The van der Waals surface area contributed by atoms with Crippen molar-refractivity contribution in [1.29, 1.82) is 0 Å². The zero-order valence-electron chi connectivity index (χ0n) is 13.0. The Bertz CT molecular complexity index is 342. The molecule has 0 heterocycles. The number of nitrogens with zero attached hydrogens (tertiary/aromatic N) is 1. The number of hydrogen-bond donors (Lipinski definition) is 1. The Labute approximate surface area is 122 Å². The lowest BCUT2D eigenvalue weighted by Gasteiger charge is -2.57. The van der Waals surface area contributed by atoms with Gasteiger partial charge in [0, 0.05) is 6.04 Å². The number of rotatable bonds is 6. The molecule has 4 saturated carbocycles. The van der Waals surface area contributed by atoms with Crippen LogP contribution in [-0.4, -0.2) is 35.1 Å². The van der Waals surface area contributed by atoms with Gasteiger partial charge in [0.2, 0.25) is 0 Å². The summed E-state index contributed by atoms with van der Waals surface area (Å²) in [6, 6.07) is 0.333. The van der Waals surface area contributed by atoms with Crippen LogP contribution >= 0.6 is 0 Å². The lowest BCUT2D eigenvalue weighted by molar-refractivity contribution is -0.139. The van der Waals surface area contributed by atoms with Crippen molar-refractivity contribution in [3.8, 4) is 0 Å². The summed E-state index contributed by atoms with van der Waals surface area (Å²) in [4.78, 5) is 13.1. The van der Waals surface area contributed by atoms with Gasteiger partial charge in [-0.2, -0.15) is 0 Å². The third kappa shape index (κ3) is 2.88. The molecule has 0 atom stereocenters. The van der Waals surface area contributed by atoms with Crippen molar-refractivity contribution in [2.45, 2.75) is 64.8 Å². The molecule has 4 bridgehead atoms. The lowest BCUT2D eigenvalue weighted by atomic mass is 9.49. The van der Waals surface area contributed by atoms with Gasteiger partial charge in [0.25, 0.3) is 0 Å². The lowest BCUT2D eigenvalue weighted by Crippen LogP contribution is -2.48. The summed E-state index contributed by atoms with van der Waals surface area (Å²) >= 11 is 0. The van der Waals surface area contributed by atoms with Crippen molar-refractivity contribution in [3.63, 3.8) is 0 Å². The predicted octanol–water partition coefficient (Wildman–Crippen LogP) is 3.39. The van der Waals surface area contributed by atoms with E-state index in [0.717, 1.165) is 24.3 Å². The SMILES string of the molecule is CC(C)N(CCC12CC3CC(CC(C3)C1)C2)CC(=O)O. The highest BCUT2D eigenvalue weighted by atomic mass is 16.4. The smallest absolute Gasteiger partial charge is 0.317 e. The van der Waals surface area contributed by atoms with Crippen molar-refractivity contribution < 1.29 is 9.90 Å². The van der Waals surface area contributed by atoms with Gasteiger partial charge in [0.15, 0.2) is 0 Å². The fourth-order valence-electron chi connectivity index (χ4n) is 5.67. The van der Waals surface area contributed by atoms with Crippen LogP contribution in [0.2, 0.25) is 0 Å². The average Bonchev–Trinajstić information content (AvgIpc) is 2.32. The molecule has 3 nitrogen and oxygen atoms in total. The first-order valence-electron chi connectivity index (χ1n) is 8.42. The minimum Gasteiger partial charge on any atom is -0.480 e. The van der Waals surface area contributed by atoms with Gasteiger partial charge in [-0.1, -0.05) is 0 Å². The quantitative estimate of drug-likeness (QED) is 0.810. The van der Waals surface area contributed by atoms with Crippen LogP contribution in [0.3, 0.4) is 0 Å². The van der Waals surface area contributed by atoms with E-state index in [-0.39, 0.29) is 6.54 Å². The first-order chi connectivity index (χ1) is 9.46. The minimum absolute atomic E-state index is 0.198. The van der Waals surface area contributed by atoms with E-state index in [4.69, 9.17) is 5.11 Å². The highest BCUT2D eigenvalue weighted by Crippen LogP contribution is 2.61. The molecule has 4 fully saturated rings. The highest BCUT2D eigenvalue weighted by molar-refractivity contribution is 5.69. The number of aliphatic carboxylic acids is 1. The van der Waals surface area contributed by atoms with Gasteiger partial charge >= 0.3 is 5.97 Å². The summed E-state index contributed by atoms with van der Waals surface area (Å²) in [6.45, 7) is 5.39. The van der Waals surface area contributed by atoms with E-state index < -0.39 is 5.97 Å². The van der Waals surface area contributed by atoms with Crippen LogP contribution in [0.5, 0.6) is 0 Å². The minimum atomic E-state index is -0.691. The second-order valence-electron chi connectivity index (χ2n) is 8.13. The third-order valence-electron chi connectivity index (χ3n) is 6.16. The van der Waals surface area contributed by atoms with E-state index >= 15 is 0 Å². The van der Waals surface area contributed by atoms with Crippen LogP contribution in [-0.2, 0) is 4.79 Å². The maximum atomic E-state index is 11.0. The molecule has 0 aromatic heterocycles. The number of carboxylic acids is 1. The van der Waals surface area contributed by atoms with Crippen LogP contribution in [0.4, 0.5) is 0 Å². The summed E-state index contributed by atoms with van der Waals surface area (Å²) in [5.41, 5.74) is 0.570. The van der Waals surface area contributed by atoms with Crippen LogP contribution < -0.4 is 0 Å². The average molecular weight is 279 g/mol. The van der Waals surface area contributed by atoms with Crippen molar-refractivity contribution in [1.82, 2.24) is 4.90 Å². The topological polar surface area (TPSA) is 40.5 Å². The Balaban J connectivity index is 1.61. The molecule has 0 unspecified atom stereocenters. The van der Waals surface area contributed by atoms with Gasteiger partial charge in [-0.3, -0.25) is 9.69 Å². The Morgan fingerprint density at radius 2 is 1.65 bits per heavy atom. The highest BCUT2D eigenvalue weighted by Gasteiger charge is 2.50. The molecule has 0 aromatic rings. The molecule has 4 aliphatic carbocycles. The van der Waals surface area contributed by atoms with E-state index in [9.17, 15) is 4.79 Å². The molecule has 1 N–H and O–H groups in total. The molecule has 3 heteroatoms. The Morgan fingerprint density at radius 3 is 2.05 bits per heavy atom. The molecule has 114 valence electrons. The van der Waals surface area contributed by atoms with Gasteiger partial charge in [-0.15, -0.1) is 0 Å². The van der Waals surface area contributed by atoms with E-state index in [1.54, 1.807) is 0 Å². The second-order valence-corrected chi connectivity index (χ2v) is 8.13. The summed E-state index contributed by atoms with van der Waals surface area (Å²) in [5.74, 6) is 2.29. The van der Waals surface area contributed by atoms with Crippen LogP contribution in [0, 0.1) is 23.2 Å². The summed E-state index contributed by atoms with van der Waals surface area (Å²) in [5, 5.41) is 9.05. The van der Waals surface area contributed by atoms with Crippen LogP contribution in [0.15, 0.2) is 0 Å². The molecule has 0 aromatic carbocycles. The molecule has 0 aliphatic heterocycles. The second kappa shape index (κ2) is 5.32. The molecule has 0 radical (unpaired) electrons. The zero-order chi connectivity index (χ0) is 14.3. The first kappa shape index (κ1) is 14.4.